The maximum atomic E-state index is 12.6. The SMILES string of the molecule is CCCCCCC/C=C/CCCCCCCC(=O)O[C@H](COC(=O)CCCC/C=C/C/C=C/CCCCCCCC)COP(=O)(O)OC[C@H](N)C(=O)O. The molecule has 53 heavy (non-hydrogen) atoms. The molecule has 0 saturated heterocycles. The number of carboxylic acids is 1. The van der Waals surface area contributed by atoms with Gasteiger partial charge in [0.25, 0.3) is 0 Å². The molecule has 0 saturated carbocycles. The Bertz CT molecular complexity index is 1050. The van der Waals surface area contributed by atoms with Crippen LogP contribution in [0.2, 0.25) is 0 Å². The van der Waals surface area contributed by atoms with Gasteiger partial charge in [-0.15, -0.1) is 0 Å². The smallest absolute Gasteiger partial charge is 0.472 e. The third-order valence-electron chi connectivity index (χ3n) is 8.61. The van der Waals surface area contributed by atoms with E-state index in [9.17, 15) is 23.8 Å². The van der Waals surface area contributed by atoms with Gasteiger partial charge in [-0.25, -0.2) is 4.57 Å². The molecule has 0 aliphatic heterocycles. The third kappa shape index (κ3) is 36.4. The summed E-state index contributed by atoms with van der Waals surface area (Å²) in [4.78, 5) is 45.8. The lowest BCUT2D eigenvalue weighted by Crippen LogP contribution is -2.34. The summed E-state index contributed by atoms with van der Waals surface area (Å²) in [7, 11) is -4.72. The number of nitrogens with two attached hydrogens (primary N) is 1. The van der Waals surface area contributed by atoms with E-state index < -0.39 is 51.1 Å². The van der Waals surface area contributed by atoms with E-state index in [-0.39, 0.29) is 19.4 Å². The molecule has 308 valence electrons. The Morgan fingerprint density at radius 1 is 0.585 bits per heavy atom. The summed E-state index contributed by atoms with van der Waals surface area (Å²) in [6.45, 7) is 2.73. The highest BCUT2D eigenvalue weighted by Gasteiger charge is 2.28. The van der Waals surface area contributed by atoms with Crippen LogP contribution in [-0.4, -0.2) is 59.9 Å². The van der Waals surface area contributed by atoms with Crippen LogP contribution in [0.25, 0.3) is 0 Å². The van der Waals surface area contributed by atoms with Crippen molar-refractivity contribution in [2.45, 2.75) is 187 Å². The Labute approximate surface area is 321 Å². The number of carbonyl (C=O) groups excluding carboxylic acids is 2. The second-order valence-electron chi connectivity index (χ2n) is 13.8. The molecule has 0 aliphatic rings. The first-order valence-corrected chi connectivity index (χ1v) is 22.0. The fourth-order valence-electron chi connectivity index (χ4n) is 5.32. The standard InChI is InChI=1S/C41H74NO10P/c1-3-5-7-9-11-13-15-17-19-21-22-24-26-28-30-32-39(43)49-34-37(35-50-53(47,48)51-36-38(42)41(45)46)52-40(44)33-31-29-27-25-23-20-18-16-14-12-10-8-6-4-2/h16-19,22,24,37-38H,3-15,20-21,23,25-36,42H2,1-2H3,(H,45,46)(H,47,48)/b18-16+,19-17+,24-22+/t37-,38+/m1/s1. The number of carboxylic acid groups (broad SMARTS) is 1. The molecule has 0 heterocycles. The molecule has 0 aromatic heterocycles. The van der Waals surface area contributed by atoms with E-state index >= 15 is 0 Å². The Morgan fingerprint density at radius 3 is 1.53 bits per heavy atom. The molecule has 0 aromatic rings. The lowest BCUT2D eigenvalue weighted by molar-refractivity contribution is -0.161. The van der Waals surface area contributed by atoms with Crippen molar-refractivity contribution in [1.82, 2.24) is 0 Å². The highest BCUT2D eigenvalue weighted by Crippen LogP contribution is 2.43. The van der Waals surface area contributed by atoms with E-state index in [1.165, 1.54) is 70.6 Å². The first-order valence-electron chi connectivity index (χ1n) is 20.5. The summed E-state index contributed by atoms with van der Waals surface area (Å²) in [5, 5.41) is 8.87. The van der Waals surface area contributed by atoms with Crippen LogP contribution in [-0.2, 0) is 37.5 Å². The molecule has 0 amide bonds. The summed E-state index contributed by atoms with van der Waals surface area (Å²) in [6.07, 6.45) is 37.8. The molecule has 0 bridgehead atoms. The zero-order valence-electron chi connectivity index (χ0n) is 33.1. The molecule has 1 unspecified atom stereocenters. The van der Waals surface area contributed by atoms with E-state index in [4.69, 9.17) is 24.8 Å². The van der Waals surface area contributed by atoms with Crippen molar-refractivity contribution >= 4 is 25.7 Å². The Morgan fingerprint density at radius 2 is 1.00 bits per heavy atom. The van der Waals surface area contributed by atoms with E-state index in [2.05, 4.69) is 54.8 Å². The molecule has 0 aromatic carbocycles. The molecule has 0 fully saturated rings. The summed E-state index contributed by atoms with van der Waals surface area (Å²) in [5.41, 5.74) is 5.32. The minimum atomic E-state index is -4.72. The zero-order chi connectivity index (χ0) is 39.3. The number of phosphoric ester groups is 1. The average molecular weight is 772 g/mol. The van der Waals surface area contributed by atoms with Crippen LogP contribution in [0, 0.1) is 0 Å². The molecule has 0 rings (SSSR count). The van der Waals surface area contributed by atoms with Gasteiger partial charge in [-0.3, -0.25) is 23.4 Å². The number of hydrogen-bond donors (Lipinski definition) is 3. The normalized spacial score (nSPS) is 14.2. The Balaban J connectivity index is 4.47. The van der Waals surface area contributed by atoms with Crippen LogP contribution >= 0.6 is 7.82 Å². The number of hydrogen-bond acceptors (Lipinski definition) is 9. The van der Waals surface area contributed by atoms with Gasteiger partial charge in [-0.1, -0.05) is 127 Å². The molecule has 0 radical (unpaired) electrons. The lowest BCUT2D eigenvalue weighted by atomic mass is 10.1. The van der Waals surface area contributed by atoms with Gasteiger partial charge in [0.05, 0.1) is 13.2 Å². The van der Waals surface area contributed by atoms with Crippen LogP contribution < -0.4 is 5.73 Å². The van der Waals surface area contributed by atoms with Crippen molar-refractivity contribution in [1.29, 1.82) is 0 Å². The highest BCUT2D eigenvalue weighted by molar-refractivity contribution is 7.47. The van der Waals surface area contributed by atoms with Gasteiger partial charge in [0.1, 0.15) is 12.6 Å². The van der Waals surface area contributed by atoms with Crippen molar-refractivity contribution < 1.29 is 47.5 Å². The average Bonchev–Trinajstić information content (AvgIpc) is 3.13. The monoisotopic (exact) mass is 772 g/mol. The summed E-state index contributed by atoms with van der Waals surface area (Å²) < 4.78 is 32.6. The second kappa shape index (κ2) is 36.7. The minimum Gasteiger partial charge on any atom is -0.480 e. The first kappa shape index (κ1) is 50.7. The van der Waals surface area contributed by atoms with Crippen LogP contribution in [0.3, 0.4) is 0 Å². The maximum absolute atomic E-state index is 12.6. The number of allylic oxidation sites excluding steroid dienone is 6. The Hall–Kier alpha value is -2.30. The molecule has 11 nitrogen and oxygen atoms in total. The third-order valence-corrected chi connectivity index (χ3v) is 9.56. The number of unbranched alkanes of at least 4 members (excludes halogenated alkanes) is 18. The minimum absolute atomic E-state index is 0.144. The van der Waals surface area contributed by atoms with Gasteiger partial charge in [-0.2, -0.15) is 0 Å². The van der Waals surface area contributed by atoms with Crippen molar-refractivity contribution in [2.24, 2.45) is 5.73 Å². The van der Waals surface area contributed by atoms with Gasteiger partial charge < -0.3 is 25.2 Å². The van der Waals surface area contributed by atoms with Crippen LogP contribution in [0.4, 0.5) is 0 Å². The molecule has 4 N–H and O–H groups in total. The number of aliphatic carboxylic acids is 1. The molecular formula is C41H74NO10P. The van der Waals surface area contributed by atoms with Crippen molar-refractivity contribution in [3.63, 3.8) is 0 Å². The van der Waals surface area contributed by atoms with Gasteiger partial charge in [0, 0.05) is 12.8 Å². The zero-order valence-corrected chi connectivity index (χ0v) is 34.0. The summed E-state index contributed by atoms with van der Waals surface area (Å²) in [6, 6.07) is -1.53. The highest BCUT2D eigenvalue weighted by atomic mass is 31.2. The predicted molar refractivity (Wildman–Crippen MR) is 212 cm³/mol. The number of phosphoric acid groups is 1. The quantitative estimate of drug-likeness (QED) is 0.0236. The van der Waals surface area contributed by atoms with Crippen molar-refractivity contribution in [3.8, 4) is 0 Å². The molecular weight excluding hydrogens is 697 g/mol. The van der Waals surface area contributed by atoms with E-state index in [0.717, 1.165) is 64.2 Å². The van der Waals surface area contributed by atoms with Gasteiger partial charge in [0.15, 0.2) is 6.10 Å². The topological polar surface area (TPSA) is 172 Å². The molecule has 12 heteroatoms. The van der Waals surface area contributed by atoms with Gasteiger partial charge >= 0.3 is 25.7 Å². The van der Waals surface area contributed by atoms with Crippen LogP contribution in [0.15, 0.2) is 36.5 Å². The number of carbonyl (C=O) groups is 3. The fourth-order valence-corrected chi connectivity index (χ4v) is 6.10. The van der Waals surface area contributed by atoms with Crippen molar-refractivity contribution in [3.05, 3.63) is 36.5 Å². The Kier molecular flexibility index (Phi) is 35.1. The van der Waals surface area contributed by atoms with E-state index in [1.54, 1.807) is 0 Å². The molecule has 0 aliphatic carbocycles. The predicted octanol–water partition coefficient (Wildman–Crippen LogP) is 10.4. The summed E-state index contributed by atoms with van der Waals surface area (Å²) >= 11 is 0. The van der Waals surface area contributed by atoms with Crippen LogP contribution in [0.1, 0.15) is 174 Å². The second-order valence-corrected chi connectivity index (χ2v) is 15.2. The number of ether oxygens (including phenoxy) is 2. The van der Waals surface area contributed by atoms with E-state index in [0.29, 0.717) is 12.8 Å². The van der Waals surface area contributed by atoms with Crippen molar-refractivity contribution in [2.75, 3.05) is 19.8 Å². The molecule has 0 spiro atoms. The number of rotatable bonds is 38. The van der Waals surface area contributed by atoms with Gasteiger partial charge in [0.2, 0.25) is 0 Å². The fraction of sp³-hybridized carbons (Fsp3) is 0.780. The maximum Gasteiger partial charge on any atom is 0.472 e. The van der Waals surface area contributed by atoms with E-state index in [1.807, 2.05) is 0 Å². The number of esters is 2. The van der Waals surface area contributed by atoms with Crippen LogP contribution in [0.5, 0.6) is 0 Å². The molecule has 3 atom stereocenters. The lowest BCUT2D eigenvalue weighted by Gasteiger charge is -2.20. The summed E-state index contributed by atoms with van der Waals surface area (Å²) in [5.74, 6) is -2.43. The first-order chi connectivity index (χ1) is 25.6. The largest absolute Gasteiger partial charge is 0.480 e. The van der Waals surface area contributed by atoms with Gasteiger partial charge in [-0.05, 0) is 70.6 Å².